The Morgan fingerprint density at radius 2 is 1.96 bits per heavy atom. The predicted octanol–water partition coefficient (Wildman–Crippen LogP) is 2.71. The van der Waals surface area contributed by atoms with E-state index in [1.54, 1.807) is 13.4 Å². The van der Waals surface area contributed by atoms with Crippen molar-refractivity contribution in [1.29, 1.82) is 0 Å². The van der Waals surface area contributed by atoms with Gasteiger partial charge in [-0.15, -0.1) is 0 Å². The van der Waals surface area contributed by atoms with E-state index in [0.29, 0.717) is 23.8 Å². The molecule has 0 amide bonds. The Morgan fingerprint density at radius 1 is 1.15 bits per heavy atom. The topological polar surface area (TPSA) is 70.2 Å². The minimum atomic E-state index is 0.522. The van der Waals surface area contributed by atoms with Crippen LogP contribution in [0.15, 0.2) is 36.8 Å². The fourth-order valence-corrected chi connectivity index (χ4v) is 4.78. The third-order valence-corrected chi connectivity index (χ3v) is 6.18. The summed E-state index contributed by atoms with van der Waals surface area (Å²) in [6.07, 6.45) is 5.96. The van der Waals surface area contributed by atoms with Crippen molar-refractivity contribution in [1.82, 2.24) is 19.9 Å². The Balaban J connectivity index is 1.30. The number of H-pyrrole nitrogens is 1. The SMILES string of the molecule is COc1cccc(N2CC3CC(N(C)c4ncnc5[nH]ccc45)CC3C2)n1. The van der Waals surface area contributed by atoms with Gasteiger partial charge in [-0.25, -0.2) is 9.97 Å². The molecule has 3 aromatic heterocycles. The molecule has 0 aromatic carbocycles. The normalized spacial score (nSPS) is 24.4. The quantitative estimate of drug-likeness (QED) is 0.768. The number of ether oxygens (including phenoxy) is 1. The smallest absolute Gasteiger partial charge is 0.214 e. The van der Waals surface area contributed by atoms with E-state index in [0.717, 1.165) is 35.8 Å². The lowest BCUT2D eigenvalue weighted by Crippen LogP contribution is -2.33. The number of aromatic amines is 1. The minimum Gasteiger partial charge on any atom is -0.481 e. The summed E-state index contributed by atoms with van der Waals surface area (Å²) >= 11 is 0. The largest absolute Gasteiger partial charge is 0.481 e. The number of fused-ring (bicyclic) bond motifs is 2. The Labute approximate surface area is 158 Å². The highest BCUT2D eigenvalue weighted by atomic mass is 16.5. The molecule has 1 aliphatic carbocycles. The summed E-state index contributed by atoms with van der Waals surface area (Å²) in [5.41, 5.74) is 0.903. The van der Waals surface area contributed by atoms with Crippen molar-refractivity contribution in [2.75, 3.05) is 37.0 Å². The van der Waals surface area contributed by atoms with Crippen LogP contribution >= 0.6 is 0 Å². The Bertz CT molecular complexity index is 942. The van der Waals surface area contributed by atoms with Crippen LogP contribution in [-0.2, 0) is 0 Å². The van der Waals surface area contributed by atoms with Gasteiger partial charge in [0.05, 0.1) is 12.5 Å². The maximum absolute atomic E-state index is 5.28. The van der Waals surface area contributed by atoms with Gasteiger partial charge in [-0.2, -0.15) is 4.98 Å². The number of nitrogens with zero attached hydrogens (tertiary/aromatic N) is 5. The number of hydrogen-bond acceptors (Lipinski definition) is 6. The molecule has 5 rings (SSSR count). The van der Waals surface area contributed by atoms with E-state index >= 15 is 0 Å². The van der Waals surface area contributed by atoms with E-state index < -0.39 is 0 Å². The second-order valence-corrected chi connectivity index (χ2v) is 7.64. The lowest BCUT2D eigenvalue weighted by Gasteiger charge is -2.28. The molecule has 0 bridgehead atoms. The van der Waals surface area contributed by atoms with Crippen LogP contribution in [0.25, 0.3) is 11.0 Å². The monoisotopic (exact) mass is 364 g/mol. The van der Waals surface area contributed by atoms with Crippen molar-refractivity contribution in [3.8, 4) is 5.88 Å². The highest BCUT2D eigenvalue weighted by molar-refractivity contribution is 5.87. The van der Waals surface area contributed by atoms with Crippen LogP contribution < -0.4 is 14.5 Å². The van der Waals surface area contributed by atoms with E-state index in [2.05, 4.69) is 48.9 Å². The molecule has 7 nitrogen and oxygen atoms in total. The van der Waals surface area contributed by atoms with E-state index in [9.17, 15) is 0 Å². The number of anilines is 2. The maximum atomic E-state index is 5.28. The molecule has 2 aliphatic rings. The second-order valence-electron chi connectivity index (χ2n) is 7.64. The van der Waals surface area contributed by atoms with Crippen molar-refractivity contribution < 1.29 is 4.74 Å². The minimum absolute atomic E-state index is 0.522. The van der Waals surface area contributed by atoms with Crippen molar-refractivity contribution in [2.45, 2.75) is 18.9 Å². The average molecular weight is 364 g/mol. The molecule has 2 unspecified atom stereocenters. The standard InChI is InChI=1S/C20H24N6O/c1-25(20-16-6-7-21-19(16)22-12-23-20)15-8-13-10-26(11-14(13)9-15)17-4-3-5-18(24-17)27-2/h3-7,12-15H,8-11H2,1-2H3,(H,21,22,23). The predicted molar refractivity (Wildman–Crippen MR) is 105 cm³/mol. The van der Waals surface area contributed by atoms with Crippen LogP contribution in [0, 0.1) is 11.8 Å². The summed E-state index contributed by atoms with van der Waals surface area (Å²) in [6.45, 7) is 2.14. The number of nitrogens with one attached hydrogen (secondary N) is 1. The molecule has 2 fully saturated rings. The summed E-state index contributed by atoms with van der Waals surface area (Å²) in [5.74, 6) is 4.14. The number of methoxy groups -OCH3 is 1. The van der Waals surface area contributed by atoms with Crippen molar-refractivity contribution in [2.24, 2.45) is 11.8 Å². The molecule has 7 heteroatoms. The Kier molecular flexibility index (Phi) is 3.88. The van der Waals surface area contributed by atoms with Gasteiger partial charge >= 0.3 is 0 Å². The van der Waals surface area contributed by atoms with Crippen LogP contribution in [-0.4, -0.2) is 53.2 Å². The highest BCUT2D eigenvalue weighted by Gasteiger charge is 2.43. The average Bonchev–Trinajstić information content (AvgIpc) is 3.41. The molecular weight excluding hydrogens is 340 g/mol. The van der Waals surface area contributed by atoms with Crippen LogP contribution in [0.1, 0.15) is 12.8 Å². The molecule has 1 aliphatic heterocycles. The van der Waals surface area contributed by atoms with Gasteiger partial charge in [0.1, 0.15) is 23.6 Å². The first kappa shape index (κ1) is 16.4. The lowest BCUT2D eigenvalue weighted by atomic mass is 10.0. The van der Waals surface area contributed by atoms with E-state index in [1.807, 2.05) is 18.3 Å². The number of aromatic nitrogens is 4. The fourth-order valence-electron chi connectivity index (χ4n) is 4.78. The third kappa shape index (κ3) is 2.78. The summed E-state index contributed by atoms with van der Waals surface area (Å²) in [4.78, 5) is 21.4. The van der Waals surface area contributed by atoms with Gasteiger partial charge in [-0.3, -0.25) is 0 Å². The summed E-state index contributed by atoms with van der Waals surface area (Å²) in [5, 5.41) is 1.10. The van der Waals surface area contributed by atoms with E-state index in [-0.39, 0.29) is 0 Å². The van der Waals surface area contributed by atoms with Crippen LogP contribution in [0.4, 0.5) is 11.6 Å². The Hall–Kier alpha value is -2.83. The number of rotatable bonds is 4. The molecule has 3 aromatic rings. The van der Waals surface area contributed by atoms with E-state index in [4.69, 9.17) is 4.74 Å². The zero-order valence-electron chi connectivity index (χ0n) is 15.7. The van der Waals surface area contributed by atoms with Crippen LogP contribution in [0.2, 0.25) is 0 Å². The molecule has 0 spiro atoms. The van der Waals surface area contributed by atoms with Crippen molar-refractivity contribution in [3.05, 3.63) is 36.8 Å². The summed E-state index contributed by atoms with van der Waals surface area (Å²) < 4.78 is 5.28. The van der Waals surface area contributed by atoms with E-state index in [1.165, 1.54) is 12.8 Å². The van der Waals surface area contributed by atoms with Crippen LogP contribution in [0.3, 0.4) is 0 Å². The molecule has 1 N–H and O–H groups in total. The molecule has 1 saturated heterocycles. The molecule has 140 valence electrons. The first-order valence-corrected chi connectivity index (χ1v) is 9.50. The van der Waals surface area contributed by atoms with Gasteiger partial charge in [0.2, 0.25) is 5.88 Å². The maximum Gasteiger partial charge on any atom is 0.214 e. The van der Waals surface area contributed by atoms with Gasteiger partial charge in [-0.1, -0.05) is 6.07 Å². The van der Waals surface area contributed by atoms with Crippen LogP contribution in [0.5, 0.6) is 5.88 Å². The first-order valence-electron chi connectivity index (χ1n) is 9.50. The first-order chi connectivity index (χ1) is 13.2. The summed E-state index contributed by atoms with van der Waals surface area (Å²) in [7, 11) is 3.84. The lowest BCUT2D eigenvalue weighted by molar-refractivity contribution is 0.398. The third-order valence-electron chi connectivity index (χ3n) is 6.18. The second kappa shape index (κ2) is 6.40. The molecule has 1 saturated carbocycles. The molecule has 0 radical (unpaired) electrons. The molecule has 2 atom stereocenters. The van der Waals surface area contributed by atoms with Crippen molar-refractivity contribution in [3.63, 3.8) is 0 Å². The summed E-state index contributed by atoms with van der Waals surface area (Å²) in [6, 6.07) is 8.58. The van der Waals surface area contributed by atoms with Gasteiger partial charge in [0, 0.05) is 38.4 Å². The number of hydrogen-bond donors (Lipinski definition) is 1. The van der Waals surface area contributed by atoms with Gasteiger partial charge in [0.15, 0.2) is 0 Å². The zero-order chi connectivity index (χ0) is 18.4. The number of pyridine rings is 1. The highest BCUT2D eigenvalue weighted by Crippen LogP contribution is 2.42. The van der Waals surface area contributed by atoms with Gasteiger partial charge < -0.3 is 19.5 Å². The molecular formula is C20H24N6O. The molecule has 4 heterocycles. The van der Waals surface area contributed by atoms with Crippen molar-refractivity contribution >= 4 is 22.7 Å². The fraction of sp³-hybridized carbons (Fsp3) is 0.450. The van der Waals surface area contributed by atoms with Gasteiger partial charge in [0.25, 0.3) is 0 Å². The zero-order valence-corrected chi connectivity index (χ0v) is 15.7. The van der Waals surface area contributed by atoms with Gasteiger partial charge in [-0.05, 0) is 36.8 Å². The molecule has 27 heavy (non-hydrogen) atoms. The Morgan fingerprint density at radius 3 is 2.74 bits per heavy atom.